The summed E-state index contributed by atoms with van der Waals surface area (Å²) in [6.45, 7) is 5.91. The van der Waals surface area contributed by atoms with E-state index < -0.39 is 11.7 Å². The number of imidazole rings is 1. The van der Waals surface area contributed by atoms with Gasteiger partial charge in [-0.05, 0) is 20.8 Å². The quantitative estimate of drug-likeness (QED) is 0.428. The van der Waals surface area contributed by atoms with Crippen LogP contribution >= 0.6 is 11.3 Å². The molecule has 4 rings (SSSR count). The van der Waals surface area contributed by atoms with E-state index in [-0.39, 0.29) is 3.54 Å². The molecule has 0 atom stereocenters. The number of rotatable bonds is 4. The molecule has 1 amide bonds. The fraction of sp³-hybridized carbons (Fsp3) is 0.227. The minimum absolute atomic E-state index is 0.190. The van der Waals surface area contributed by atoms with Crippen molar-refractivity contribution in [3.8, 4) is 11.3 Å². The van der Waals surface area contributed by atoms with E-state index in [1.807, 2.05) is 69.4 Å². The molecule has 6 nitrogen and oxygen atoms in total. The van der Waals surface area contributed by atoms with Crippen molar-refractivity contribution in [2.75, 3.05) is 0 Å². The van der Waals surface area contributed by atoms with E-state index in [1.165, 1.54) is 0 Å². The summed E-state index contributed by atoms with van der Waals surface area (Å²) in [6, 6.07) is 13.8. The third-order valence-electron chi connectivity index (χ3n) is 4.46. The molecule has 2 aromatic heterocycles. The Morgan fingerprint density at radius 1 is 1.17 bits per heavy atom. The van der Waals surface area contributed by atoms with Gasteiger partial charge in [0.1, 0.15) is 5.60 Å². The molecule has 0 fully saturated rings. The molecule has 0 bridgehead atoms. The molecule has 0 spiro atoms. The van der Waals surface area contributed by atoms with Crippen LogP contribution in [0.25, 0.3) is 26.4 Å². The van der Waals surface area contributed by atoms with Crippen LogP contribution in [0.2, 0.25) is 0 Å². The van der Waals surface area contributed by atoms with Crippen LogP contribution in [-0.4, -0.2) is 49.0 Å². The molecule has 0 saturated carbocycles. The van der Waals surface area contributed by atoms with Crippen molar-refractivity contribution in [1.29, 1.82) is 0 Å². The molecule has 2 radical (unpaired) electrons. The first-order valence-electron chi connectivity index (χ1n) is 9.47. The second-order valence-corrected chi connectivity index (χ2v) is 10.5. The van der Waals surface area contributed by atoms with E-state index >= 15 is 0 Å². The van der Waals surface area contributed by atoms with Crippen LogP contribution in [-0.2, 0) is 11.3 Å². The number of fused-ring (bicyclic) bond motifs is 3. The van der Waals surface area contributed by atoms with Gasteiger partial charge in [0, 0.05) is 6.54 Å². The van der Waals surface area contributed by atoms with Crippen LogP contribution in [0.4, 0.5) is 4.79 Å². The Hall–Kier alpha value is -2.32. The van der Waals surface area contributed by atoms with Gasteiger partial charge in [0.15, 0.2) is 0 Å². The molecule has 150 valence electrons. The molecule has 2 heterocycles. The second kappa shape index (κ2) is 8.07. The van der Waals surface area contributed by atoms with Gasteiger partial charge in [-0.2, -0.15) is 0 Å². The van der Waals surface area contributed by atoms with Gasteiger partial charge in [0.2, 0.25) is 0 Å². The molecule has 2 aromatic carbocycles. The Balaban J connectivity index is 1.51. The van der Waals surface area contributed by atoms with Crippen LogP contribution in [0.15, 0.2) is 48.7 Å². The Labute approximate surface area is 192 Å². The van der Waals surface area contributed by atoms with E-state index in [2.05, 4.69) is 9.72 Å². The predicted molar refractivity (Wildman–Crippen MR) is 119 cm³/mol. The van der Waals surface area contributed by atoms with Crippen molar-refractivity contribution >= 4 is 60.5 Å². The first-order valence-corrected chi connectivity index (χ1v) is 11.9. The number of hydrogen-bond acceptors (Lipinski definition) is 5. The number of alkyl carbamates (subject to hydrolysis) is 1. The number of aromatic nitrogens is 2. The predicted octanol–water partition coefficient (Wildman–Crippen LogP) is 4.55. The number of nitrogens with one attached hydrogen (secondary N) is 1. The van der Waals surface area contributed by atoms with Gasteiger partial charge in [0.05, 0.1) is 0 Å². The molecule has 0 unspecified atom stereocenters. The van der Waals surface area contributed by atoms with Gasteiger partial charge in [-0.15, -0.1) is 0 Å². The Kier molecular flexibility index (Phi) is 5.63. The molecule has 8 heteroatoms. The van der Waals surface area contributed by atoms with Gasteiger partial charge in [-0.1, -0.05) is 0 Å². The number of nitrogens with zero attached hydrogens (tertiary/aromatic N) is 2. The van der Waals surface area contributed by atoms with Crippen LogP contribution in [0.3, 0.4) is 0 Å². The van der Waals surface area contributed by atoms with Crippen LogP contribution in [0.1, 0.15) is 36.7 Å². The molecule has 1 N–H and O–H groups in total. The molecular formula is C22H20InN3O3S. The normalized spacial score (nSPS) is 11.7. The van der Waals surface area contributed by atoms with Gasteiger partial charge < -0.3 is 10.1 Å². The van der Waals surface area contributed by atoms with Crippen molar-refractivity contribution in [3.63, 3.8) is 0 Å². The van der Waals surface area contributed by atoms with E-state index in [1.54, 1.807) is 11.3 Å². The van der Waals surface area contributed by atoms with Crippen molar-refractivity contribution in [1.82, 2.24) is 14.7 Å². The Morgan fingerprint density at radius 2 is 1.90 bits per heavy atom. The molecule has 4 aromatic rings. The monoisotopic (exact) mass is 521 g/mol. The maximum absolute atomic E-state index is 11.8. The third kappa shape index (κ3) is 4.54. The summed E-state index contributed by atoms with van der Waals surface area (Å²) in [4.78, 5) is 29.1. The second-order valence-electron chi connectivity index (χ2n) is 7.98. The Bertz CT molecular complexity index is 1250. The zero-order chi connectivity index (χ0) is 21.5. The molecular weight excluding hydrogens is 501 g/mol. The van der Waals surface area contributed by atoms with Gasteiger partial charge in [-0.3, -0.25) is 0 Å². The summed E-state index contributed by atoms with van der Waals surface area (Å²) in [5.74, 6) is 0. The van der Waals surface area contributed by atoms with Crippen LogP contribution < -0.4 is 5.32 Å². The molecule has 0 aliphatic carbocycles. The van der Waals surface area contributed by atoms with E-state index in [9.17, 15) is 9.59 Å². The van der Waals surface area contributed by atoms with Crippen molar-refractivity contribution in [2.24, 2.45) is 0 Å². The summed E-state index contributed by atoms with van der Waals surface area (Å²) in [7, 11) is 0. The zero-order valence-electron chi connectivity index (χ0n) is 16.9. The van der Waals surface area contributed by atoms with Gasteiger partial charge >= 0.3 is 146 Å². The fourth-order valence-corrected chi connectivity index (χ4v) is 4.63. The number of benzene rings is 2. The number of hydrogen-bond donors (Lipinski definition) is 1. The summed E-state index contributed by atoms with van der Waals surface area (Å²) < 4.78 is 8.57. The van der Waals surface area contributed by atoms with Crippen LogP contribution in [0, 0.1) is 0 Å². The van der Waals surface area contributed by atoms with E-state index in [4.69, 9.17) is 9.72 Å². The maximum atomic E-state index is 11.8. The average molecular weight is 521 g/mol. The zero-order valence-corrected chi connectivity index (χ0v) is 21.0. The number of carbonyl (C=O) groups is 2. The summed E-state index contributed by atoms with van der Waals surface area (Å²) in [5.41, 5.74) is 4.18. The fourth-order valence-electron chi connectivity index (χ4n) is 3.08. The minimum atomic E-state index is -0.513. The van der Waals surface area contributed by atoms with Crippen molar-refractivity contribution in [3.05, 3.63) is 59.8 Å². The van der Waals surface area contributed by atoms with Crippen molar-refractivity contribution < 1.29 is 14.3 Å². The molecule has 30 heavy (non-hydrogen) atoms. The summed E-state index contributed by atoms with van der Waals surface area (Å²) in [6.07, 6.45) is 1.59. The first kappa shape index (κ1) is 20.9. The molecule has 0 aliphatic rings. The standard InChI is InChI=1S/C22H20N3O3S.In/c1-22(2,3)28-21(27)23-11-14-4-7-16(8-5-14)17-12-25-18-9-6-15(13-26)10-19(18)29-20(25)24-17;/h4-10,12H,11H2,1-3H3,(H,23,27);. The molecule has 0 aliphatic heterocycles. The van der Waals surface area contributed by atoms with Crippen LogP contribution in [0.5, 0.6) is 0 Å². The SMILES string of the molecule is CC(C)(C)OC(=O)NCc1ccc(-c2cn3c(n2)sc2cc([C](=O)[In])ccc23)cc1. The number of thiazole rings is 1. The number of amides is 1. The summed E-state index contributed by atoms with van der Waals surface area (Å²) >= 11 is 2.17. The van der Waals surface area contributed by atoms with Crippen molar-refractivity contribution in [2.45, 2.75) is 32.9 Å². The number of carbonyl (C=O) groups excluding carboxylic acids is 2. The topological polar surface area (TPSA) is 72.7 Å². The first-order chi connectivity index (χ1) is 14.2. The van der Waals surface area contributed by atoms with Gasteiger partial charge in [0.25, 0.3) is 0 Å². The van der Waals surface area contributed by atoms with E-state index in [0.717, 1.165) is 37.6 Å². The summed E-state index contributed by atoms with van der Waals surface area (Å²) in [5, 5.41) is 2.76. The average Bonchev–Trinajstić information content (AvgIpc) is 3.22. The Morgan fingerprint density at radius 3 is 2.57 bits per heavy atom. The van der Waals surface area contributed by atoms with E-state index in [0.29, 0.717) is 30.9 Å². The van der Waals surface area contributed by atoms with Gasteiger partial charge in [-0.25, -0.2) is 4.79 Å². The third-order valence-corrected chi connectivity index (χ3v) is 6.43. The number of ether oxygens (including phenoxy) is 1. The molecule has 0 saturated heterocycles.